The lowest BCUT2D eigenvalue weighted by Gasteiger charge is -2.20. The van der Waals surface area contributed by atoms with Crippen molar-refractivity contribution in [1.82, 2.24) is 5.32 Å². The number of hydrogen-bond donors (Lipinski definition) is 1. The Morgan fingerprint density at radius 3 is 2.65 bits per heavy atom. The molecule has 0 bridgehead atoms. The number of benzene rings is 1. The highest BCUT2D eigenvalue weighted by atomic mass is 19.4. The van der Waals surface area contributed by atoms with E-state index in [1.165, 1.54) is 12.1 Å². The van der Waals surface area contributed by atoms with Crippen LogP contribution < -0.4 is 5.32 Å². The van der Waals surface area contributed by atoms with Gasteiger partial charge in [-0.2, -0.15) is 13.2 Å². The quantitative estimate of drug-likeness (QED) is 0.837. The van der Waals surface area contributed by atoms with Gasteiger partial charge in [-0.25, -0.2) is 0 Å². The molecule has 0 amide bonds. The Morgan fingerprint density at radius 1 is 1.24 bits per heavy atom. The van der Waals surface area contributed by atoms with Crippen molar-refractivity contribution in [1.29, 1.82) is 0 Å². The SMILES string of the molecule is CNC1CCCC1c1cccc(C(F)(F)F)c1. The third-order valence-corrected chi connectivity index (χ3v) is 3.53. The fraction of sp³-hybridized carbons (Fsp3) is 0.538. The van der Waals surface area contributed by atoms with Gasteiger partial charge in [-0.15, -0.1) is 0 Å². The van der Waals surface area contributed by atoms with Gasteiger partial charge < -0.3 is 5.32 Å². The summed E-state index contributed by atoms with van der Waals surface area (Å²) in [7, 11) is 1.87. The molecule has 2 rings (SSSR count). The molecule has 1 N–H and O–H groups in total. The number of halogens is 3. The number of alkyl halides is 3. The molecule has 1 aromatic rings. The van der Waals surface area contributed by atoms with Crippen LogP contribution in [0.4, 0.5) is 13.2 Å². The molecule has 1 saturated carbocycles. The summed E-state index contributed by atoms with van der Waals surface area (Å²) in [6.45, 7) is 0. The second-order valence-electron chi connectivity index (χ2n) is 4.56. The standard InChI is InChI=1S/C13H16F3N/c1-17-12-7-3-6-11(12)9-4-2-5-10(8-9)13(14,15)16/h2,4-5,8,11-12,17H,3,6-7H2,1H3. The van der Waals surface area contributed by atoms with E-state index >= 15 is 0 Å². The van der Waals surface area contributed by atoms with Crippen molar-refractivity contribution in [2.75, 3.05) is 7.05 Å². The third-order valence-electron chi connectivity index (χ3n) is 3.53. The molecule has 0 aromatic heterocycles. The summed E-state index contributed by atoms with van der Waals surface area (Å²) in [6, 6.07) is 6.03. The molecule has 94 valence electrons. The van der Waals surface area contributed by atoms with Gasteiger partial charge in [-0.3, -0.25) is 0 Å². The van der Waals surface area contributed by atoms with Gasteiger partial charge in [0.05, 0.1) is 5.56 Å². The maximum absolute atomic E-state index is 12.6. The molecular weight excluding hydrogens is 227 g/mol. The minimum atomic E-state index is -4.25. The van der Waals surface area contributed by atoms with Crippen molar-refractivity contribution < 1.29 is 13.2 Å². The van der Waals surface area contributed by atoms with Crippen molar-refractivity contribution in [3.05, 3.63) is 35.4 Å². The summed E-state index contributed by atoms with van der Waals surface area (Å²) >= 11 is 0. The Labute approximate surface area is 99.0 Å². The molecular formula is C13H16F3N. The highest BCUT2D eigenvalue weighted by Gasteiger charge is 2.33. The van der Waals surface area contributed by atoms with Crippen LogP contribution in [-0.2, 0) is 6.18 Å². The first-order valence-corrected chi connectivity index (χ1v) is 5.87. The number of hydrogen-bond acceptors (Lipinski definition) is 1. The Balaban J connectivity index is 2.27. The highest BCUT2D eigenvalue weighted by Crippen LogP contribution is 2.37. The predicted molar refractivity (Wildman–Crippen MR) is 60.9 cm³/mol. The molecule has 0 aliphatic heterocycles. The Bertz CT molecular complexity index is 386. The lowest BCUT2D eigenvalue weighted by atomic mass is 9.93. The summed E-state index contributed by atoms with van der Waals surface area (Å²) < 4.78 is 37.9. The lowest BCUT2D eigenvalue weighted by Crippen LogP contribution is -2.27. The minimum absolute atomic E-state index is 0.210. The fourth-order valence-corrected chi connectivity index (χ4v) is 2.65. The van der Waals surface area contributed by atoms with Crippen LogP contribution in [0.1, 0.15) is 36.3 Å². The normalized spacial score (nSPS) is 25.2. The van der Waals surface area contributed by atoms with Crippen LogP contribution >= 0.6 is 0 Å². The van der Waals surface area contributed by atoms with E-state index in [1.807, 2.05) is 7.05 Å². The Kier molecular flexibility index (Phi) is 3.43. The van der Waals surface area contributed by atoms with Crippen molar-refractivity contribution >= 4 is 0 Å². The van der Waals surface area contributed by atoms with Crippen molar-refractivity contribution in [3.8, 4) is 0 Å². The second-order valence-corrected chi connectivity index (χ2v) is 4.56. The van der Waals surface area contributed by atoms with E-state index in [2.05, 4.69) is 5.32 Å². The Hall–Kier alpha value is -1.03. The van der Waals surface area contributed by atoms with Crippen molar-refractivity contribution in [2.45, 2.75) is 37.4 Å². The molecule has 0 heterocycles. The first-order valence-electron chi connectivity index (χ1n) is 5.87. The largest absolute Gasteiger partial charge is 0.416 e. The van der Waals surface area contributed by atoms with Gasteiger partial charge in [0.2, 0.25) is 0 Å². The van der Waals surface area contributed by atoms with Crippen LogP contribution in [0.3, 0.4) is 0 Å². The maximum atomic E-state index is 12.6. The monoisotopic (exact) mass is 243 g/mol. The zero-order chi connectivity index (χ0) is 12.5. The van der Waals surface area contributed by atoms with Crippen LogP contribution in [0.25, 0.3) is 0 Å². The van der Waals surface area contributed by atoms with E-state index in [0.29, 0.717) is 6.04 Å². The molecule has 1 aromatic carbocycles. The summed E-state index contributed by atoms with van der Waals surface area (Å²) in [5, 5.41) is 3.19. The van der Waals surface area contributed by atoms with Gasteiger partial charge in [0.25, 0.3) is 0 Å². The van der Waals surface area contributed by atoms with E-state index in [1.54, 1.807) is 6.07 Å². The molecule has 2 unspecified atom stereocenters. The van der Waals surface area contributed by atoms with Crippen LogP contribution in [0.2, 0.25) is 0 Å². The fourth-order valence-electron chi connectivity index (χ4n) is 2.65. The smallest absolute Gasteiger partial charge is 0.316 e. The van der Waals surface area contributed by atoms with E-state index in [4.69, 9.17) is 0 Å². The Morgan fingerprint density at radius 2 is 2.00 bits per heavy atom. The summed E-state index contributed by atoms with van der Waals surface area (Å²) in [5.41, 5.74) is 0.258. The molecule has 2 atom stereocenters. The van der Waals surface area contributed by atoms with Gasteiger partial charge in [0.15, 0.2) is 0 Å². The van der Waals surface area contributed by atoms with Gasteiger partial charge in [0.1, 0.15) is 0 Å². The zero-order valence-electron chi connectivity index (χ0n) is 9.72. The van der Waals surface area contributed by atoms with Crippen LogP contribution in [-0.4, -0.2) is 13.1 Å². The van der Waals surface area contributed by atoms with Crippen LogP contribution in [0, 0.1) is 0 Å². The molecule has 1 aliphatic carbocycles. The number of likely N-dealkylation sites (N-methyl/N-ethyl adjacent to an activating group) is 1. The first-order chi connectivity index (χ1) is 8.02. The topological polar surface area (TPSA) is 12.0 Å². The predicted octanol–water partition coefficient (Wildman–Crippen LogP) is 3.56. The molecule has 4 heteroatoms. The average molecular weight is 243 g/mol. The number of nitrogens with one attached hydrogen (secondary N) is 1. The summed E-state index contributed by atoms with van der Waals surface area (Å²) in [5.74, 6) is 0.210. The van der Waals surface area contributed by atoms with E-state index < -0.39 is 11.7 Å². The summed E-state index contributed by atoms with van der Waals surface area (Å²) in [4.78, 5) is 0. The molecule has 0 spiro atoms. The zero-order valence-corrected chi connectivity index (χ0v) is 9.72. The minimum Gasteiger partial charge on any atom is -0.316 e. The van der Waals surface area contributed by atoms with Crippen LogP contribution in [0.5, 0.6) is 0 Å². The second kappa shape index (κ2) is 4.69. The van der Waals surface area contributed by atoms with Crippen LogP contribution in [0.15, 0.2) is 24.3 Å². The van der Waals surface area contributed by atoms with Gasteiger partial charge in [0, 0.05) is 6.04 Å². The average Bonchev–Trinajstić information content (AvgIpc) is 2.76. The van der Waals surface area contributed by atoms with Gasteiger partial charge in [-0.05, 0) is 37.4 Å². The molecule has 0 radical (unpaired) electrons. The third kappa shape index (κ3) is 2.63. The van der Waals surface area contributed by atoms with E-state index in [-0.39, 0.29) is 5.92 Å². The molecule has 0 saturated heterocycles. The van der Waals surface area contributed by atoms with Gasteiger partial charge >= 0.3 is 6.18 Å². The number of rotatable bonds is 2. The summed E-state index contributed by atoms with van der Waals surface area (Å²) in [6.07, 6.45) is -1.17. The van der Waals surface area contributed by atoms with E-state index in [0.717, 1.165) is 30.9 Å². The van der Waals surface area contributed by atoms with Crippen molar-refractivity contribution in [2.24, 2.45) is 0 Å². The molecule has 1 nitrogen and oxygen atoms in total. The highest BCUT2D eigenvalue weighted by molar-refractivity contribution is 5.30. The first kappa shape index (κ1) is 12.4. The van der Waals surface area contributed by atoms with Crippen molar-refractivity contribution in [3.63, 3.8) is 0 Å². The molecule has 1 aliphatic rings. The van der Waals surface area contributed by atoms with Gasteiger partial charge in [-0.1, -0.05) is 24.6 Å². The molecule has 17 heavy (non-hydrogen) atoms. The maximum Gasteiger partial charge on any atom is 0.416 e. The van der Waals surface area contributed by atoms with E-state index in [9.17, 15) is 13.2 Å². The lowest BCUT2D eigenvalue weighted by molar-refractivity contribution is -0.137. The molecule has 1 fully saturated rings.